The van der Waals surface area contributed by atoms with Crippen molar-refractivity contribution in [3.8, 4) is 0 Å². The Labute approximate surface area is 111 Å². The smallest absolute Gasteiger partial charge is 0.0214 e. The largest absolute Gasteiger partial charge is 0.0776 e. The van der Waals surface area contributed by atoms with Gasteiger partial charge in [-0.1, -0.05) is 74.6 Å². The van der Waals surface area contributed by atoms with Gasteiger partial charge in [0.25, 0.3) is 0 Å². The normalized spacial score (nSPS) is 7.59. The maximum absolute atomic E-state index is 2.25. The van der Waals surface area contributed by atoms with Gasteiger partial charge in [-0.3, -0.25) is 0 Å². The molecule has 0 N–H and O–H groups in total. The Kier molecular flexibility index (Phi) is 22.5. The molecule has 0 aliphatic heterocycles. The lowest BCUT2D eigenvalue weighted by Crippen LogP contribution is -1.94. The molecule has 104 valence electrons. The number of aryl methyl sites for hydroxylation is 2. The Bertz CT molecular complexity index is 226. The van der Waals surface area contributed by atoms with Gasteiger partial charge in [-0.05, 0) is 36.5 Å². The van der Waals surface area contributed by atoms with Crippen molar-refractivity contribution in [2.24, 2.45) is 0 Å². The van der Waals surface area contributed by atoms with E-state index in [2.05, 4.69) is 45.9 Å². The summed E-state index contributed by atoms with van der Waals surface area (Å²) in [5.41, 5.74) is 4.34. The van der Waals surface area contributed by atoms with Crippen LogP contribution < -0.4 is 0 Å². The van der Waals surface area contributed by atoms with Crippen LogP contribution in [0.25, 0.3) is 0 Å². The second-order valence-electron chi connectivity index (χ2n) is 3.46. The van der Waals surface area contributed by atoms with Gasteiger partial charge in [0.05, 0.1) is 0 Å². The second kappa shape index (κ2) is 15.2. The number of rotatable bonds is 1. The van der Waals surface area contributed by atoms with Crippen molar-refractivity contribution >= 4 is 0 Å². The topological polar surface area (TPSA) is 0 Å². The number of hydrogen-bond donors (Lipinski definition) is 0. The van der Waals surface area contributed by atoms with E-state index >= 15 is 0 Å². The average molecular weight is 240 g/mol. The Morgan fingerprint density at radius 3 is 1.24 bits per heavy atom. The molecule has 1 aromatic rings. The fourth-order valence-corrected chi connectivity index (χ4v) is 1.74. The minimum absolute atomic E-state index is 0. The molecule has 0 saturated heterocycles. The van der Waals surface area contributed by atoms with E-state index in [4.69, 9.17) is 0 Å². The molecular formula is C17H36. The summed E-state index contributed by atoms with van der Waals surface area (Å²) in [5, 5.41) is 0. The van der Waals surface area contributed by atoms with Crippen molar-refractivity contribution in [2.45, 2.75) is 76.2 Å². The second-order valence-corrected chi connectivity index (χ2v) is 3.46. The van der Waals surface area contributed by atoms with Gasteiger partial charge in [0.1, 0.15) is 0 Å². The average Bonchev–Trinajstić information content (AvgIpc) is 2.23. The Morgan fingerprint density at radius 1 is 0.765 bits per heavy atom. The lowest BCUT2D eigenvalue weighted by Gasteiger charge is -2.12. The van der Waals surface area contributed by atoms with E-state index in [9.17, 15) is 0 Å². The third-order valence-electron chi connectivity index (χ3n) is 2.12. The van der Waals surface area contributed by atoms with Gasteiger partial charge in [0.2, 0.25) is 0 Å². The zero-order valence-electron chi connectivity index (χ0n) is 11.8. The summed E-state index contributed by atoms with van der Waals surface area (Å²) < 4.78 is 0. The molecule has 17 heavy (non-hydrogen) atoms. The van der Waals surface area contributed by atoms with Gasteiger partial charge in [0, 0.05) is 0 Å². The summed E-state index contributed by atoms with van der Waals surface area (Å²) in [5.74, 6) is 0.649. The molecule has 0 aliphatic rings. The van der Waals surface area contributed by atoms with Crippen LogP contribution in [-0.4, -0.2) is 0 Å². The van der Waals surface area contributed by atoms with E-state index in [0.29, 0.717) is 5.92 Å². The maximum Gasteiger partial charge on any atom is -0.0214 e. The molecular weight excluding hydrogens is 204 g/mol. The molecule has 0 unspecified atom stereocenters. The van der Waals surface area contributed by atoms with Crippen molar-refractivity contribution < 1.29 is 0 Å². The highest BCUT2D eigenvalue weighted by molar-refractivity contribution is 5.35. The van der Waals surface area contributed by atoms with Crippen molar-refractivity contribution in [2.75, 3.05) is 0 Å². The van der Waals surface area contributed by atoms with E-state index in [1.165, 1.54) is 16.7 Å². The molecule has 0 fully saturated rings. The lowest BCUT2D eigenvalue weighted by molar-refractivity contribution is 0.846. The maximum atomic E-state index is 2.25. The van der Waals surface area contributed by atoms with Crippen LogP contribution in [0, 0.1) is 13.8 Å². The summed E-state index contributed by atoms with van der Waals surface area (Å²) in [4.78, 5) is 0. The molecule has 0 aromatic heterocycles. The number of benzene rings is 1. The van der Waals surface area contributed by atoms with Gasteiger partial charge in [-0.25, -0.2) is 0 Å². The molecule has 0 atom stereocenters. The highest BCUT2D eigenvalue weighted by Gasteiger charge is 2.04. The summed E-state index contributed by atoms with van der Waals surface area (Å²) in [7, 11) is 0. The zero-order valence-corrected chi connectivity index (χ0v) is 11.8. The first kappa shape index (κ1) is 25.2. The van der Waals surface area contributed by atoms with Crippen LogP contribution >= 0.6 is 0 Å². The Hall–Kier alpha value is -0.780. The summed E-state index contributed by atoms with van der Waals surface area (Å²) in [6.07, 6.45) is 0. The van der Waals surface area contributed by atoms with Crippen LogP contribution in [0.5, 0.6) is 0 Å². The van der Waals surface area contributed by atoms with Crippen LogP contribution in [0.2, 0.25) is 0 Å². The van der Waals surface area contributed by atoms with E-state index in [1.54, 1.807) is 0 Å². The van der Waals surface area contributed by atoms with E-state index < -0.39 is 0 Å². The van der Waals surface area contributed by atoms with Crippen molar-refractivity contribution in [1.82, 2.24) is 0 Å². The highest BCUT2D eigenvalue weighted by atomic mass is 14.1. The van der Waals surface area contributed by atoms with Crippen LogP contribution in [0.3, 0.4) is 0 Å². The Morgan fingerprint density at radius 2 is 1.06 bits per heavy atom. The molecule has 0 spiro atoms. The van der Waals surface area contributed by atoms with Crippen molar-refractivity contribution in [3.05, 3.63) is 34.9 Å². The molecule has 0 saturated carbocycles. The molecule has 0 nitrogen and oxygen atoms in total. The van der Waals surface area contributed by atoms with E-state index in [-0.39, 0.29) is 14.9 Å². The van der Waals surface area contributed by atoms with Crippen LogP contribution in [0.4, 0.5) is 0 Å². The fourth-order valence-electron chi connectivity index (χ4n) is 1.74. The first-order valence-electron chi connectivity index (χ1n) is 6.19. The zero-order chi connectivity index (χ0) is 12.4. The fraction of sp³-hybridized carbons (Fsp3) is 0.647. The standard InChI is InChI=1S/C11H16.2C2H6.2CH4/c1-8(2)11-9(3)6-5-7-10(11)4;2*1-2;;/h5-8H,1-4H3;2*1-2H3;2*1H4. The minimum Gasteiger partial charge on any atom is -0.0776 e. The van der Waals surface area contributed by atoms with E-state index in [1.807, 2.05) is 27.7 Å². The lowest BCUT2D eigenvalue weighted by atomic mass is 9.94. The number of hydrogen-bond acceptors (Lipinski definition) is 0. The van der Waals surface area contributed by atoms with Gasteiger partial charge in [-0.15, -0.1) is 0 Å². The highest BCUT2D eigenvalue weighted by Crippen LogP contribution is 2.22. The molecule has 0 heteroatoms. The molecule has 1 rings (SSSR count). The van der Waals surface area contributed by atoms with Crippen LogP contribution in [0.15, 0.2) is 18.2 Å². The predicted molar refractivity (Wildman–Crippen MR) is 86.2 cm³/mol. The van der Waals surface area contributed by atoms with Gasteiger partial charge in [-0.2, -0.15) is 0 Å². The van der Waals surface area contributed by atoms with Crippen molar-refractivity contribution in [3.63, 3.8) is 0 Å². The third-order valence-corrected chi connectivity index (χ3v) is 2.12. The third kappa shape index (κ3) is 8.97. The van der Waals surface area contributed by atoms with Crippen molar-refractivity contribution in [1.29, 1.82) is 0 Å². The van der Waals surface area contributed by atoms with Gasteiger partial charge >= 0.3 is 0 Å². The summed E-state index contributed by atoms with van der Waals surface area (Å²) >= 11 is 0. The molecule has 0 amide bonds. The van der Waals surface area contributed by atoms with Gasteiger partial charge < -0.3 is 0 Å². The molecule has 0 heterocycles. The van der Waals surface area contributed by atoms with E-state index in [0.717, 1.165) is 0 Å². The first-order chi connectivity index (χ1) is 7.13. The first-order valence-corrected chi connectivity index (χ1v) is 6.19. The Balaban J connectivity index is -0.000000128. The van der Waals surface area contributed by atoms with Crippen LogP contribution in [0.1, 0.15) is 79.0 Å². The minimum atomic E-state index is 0. The summed E-state index contributed by atoms with van der Waals surface area (Å²) in [6.45, 7) is 16.9. The molecule has 0 bridgehead atoms. The summed E-state index contributed by atoms with van der Waals surface area (Å²) in [6, 6.07) is 6.49. The molecule has 0 aliphatic carbocycles. The molecule has 0 radical (unpaired) electrons. The van der Waals surface area contributed by atoms with Crippen LogP contribution in [-0.2, 0) is 0 Å². The van der Waals surface area contributed by atoms with Gasteiger partial charge in [0.15, 0.2) is 0 Å². The predicted octanol–water partition coefficient (Wildman–Crippen LogP) is 6.75. The molecule has 1 aromatic carbocycles. The quantitative estimate of drug-likeness (QED) is 0.509. The SMILES string of the molecule is C.C.CC.CC.Cc1cccc(C)c1C(C)C. The monoisotopic (exact) mass is 240 g/mol.